The summed E-state index contributed by atoms with van der Waals surface area (Å²) in [6, 6.07) is 8.55. The number of aromatic nitrogens is 2. The Labute approximate surface area is 136 Å². The van der Waals surface area contributed by atoms with Gasteiger partial charge in [-0.1, -0.05) is 25.1 Å². The molecule has 1 heterocycles. The van der Waals surface area contributed by atoms with E-state index in [9.17, 15) is 9.18 Å². The van der Waals surface area contributed by atoms with E-state index in [1.807, 2.05) is 38.4 Å². The summed E-state index contributed by atoms with van der Waals surface area (Å²) in [6.07, 6.45) is 0.394. The predicted octanol–water partition coefficient (Wildman–Crippen LogP) is 3.02. The van der Waals surface area contributed by atoms with Crippen LogP contribution in [0.15, 0.2) is 30.3 Å². The Balaban J connectivity index is 1.90. The summed E-state index contributed by atoms with van der Waals surface area (Å²) in [4.78, 5) is 12.3. The molecule has 0 aliphatic heterocycles. The first-order valence-corrected chi connectivity index (χ1v) is 7.91. The molecule has 1 aromatic carbocycles. The third-order valence-electron chi connectivity index (χ3n) is 3.87. The monoisotopic (exact) mass is 317 g/mol. The van der Waals surface area contributed by atoms with Gasteiger partial charge in [-0.2, -0.15) is 5.10 Å². The Morgan fingerprint density at radius 3 is 2.61 bits per heavy atom. The van der Waals surface area contributed by atoms with E-state index in [0.29, 0.717) is 18.5 Å². The Morgan fingerprint density at radius 1 is 1.30 bits per heavy atom. The van der Waals surface area contributed by atoms with Crippen LogP contribution in [0.25, 0.3) is 0 Å². The Morgan fingerprint density at radius 2 is 2.00 bits per heavy atom. The highest BCUT2D eigenvalue weighted by molar-refractivity contribution is 5.78. The van der Waals surface area contributed by atoms with Crippen molar-refractivity contribution in [3.8, 4) is 0 Å². The SMILES string of the molecule is Cc1cc(C)n(CC(C)NC(=O)C(C)Cc2ccccc2F)n1. The van der Waals surface area contributed by atoms with Crippen LogP contribution >= 0.6 is 0 Å². The molecule has 2 aromatic rings. The number of carbonyl (C=O) groups is 1. The normalized spacial score (nSPS) is 13.6. The number of aryl methyl sites for hydroxylation is 2. The lowest BCUT2D eigenvalue weighted by Crippen LogP contribution is -2.39. The maximum atomic E-state index is 13.7. The fraction of sp³-hybridized carbons (Fsp3) is 0.444. The Hall–Kier alpha value is -2.17. The first-order chi connectivity index (χ1) is 10.9. The number of nitrogens with one attached hydrogen (secondary N) is 1. The van der Waals surface area contributed by atoms with Gasteiger partial charge in [0, 0.05) is 17.7 Å². The fourth-order valence-electron chi connectivity index (χ4n) is 2.64. The summed E-state index contributed by atoms with van der Waals surface area (Å²) in [5.41, 5.74) is 2.61. The molecule has 1 amide bonds. The van der Waals surface area contributed by atoms with E-state index in [-0.39, 0.29) is 23.7 Å². The topological polar surface area (TPSA) is 46.9 Å². The molecule has 2 rings (SSSR count). The van der Waals surface area contributed by atoms with E-state index in [0.717, 1.165) is 11.4 Å². The highest BCUT2D eigenvalue weighted by atomic mass is 19.1. The summed E-state index contributed by atoms with van der Waals surface area (Å²) in [5.74, 6) is -0.611. The van der Waals surface area contributed by atoms with E-state index in [2.05, 4.69) is 10.4 Å². The lowest BCUT2D eigenvalue weighted by Gasteiger charge is -2.18. The summed E-state index contributed by atoms with van der Waals surface area (Å²) < 4.78 is 15.6. The number of rotatable bonds is 6. The van der Waals surface area contributed by atoms with Gasteiger partial charge in [-0.05, 0) is 44.9 Å². The van der Waals surface area contributed by atoms with E-state index in [1.165, 1.54) is 6.07 Å². The van der Waals surface area contributed by atoms with Crippen molar-refractivity contribution in [1.82, 2.24) is 15.1 Å². The lowest BCUT2D eigenvalue weighted by molar-refractivity contribution is -0.125. The van der Waals surface area contributed by atoms with Gasteiger partial charge in [0.1, 0.15) is 5.82 Å². The molecule has 1 N–H and O–H groups in total. The Bertz CT molecular complexity index is 681. The zero-order valence-electron chi connectivity index (χ0n) is 14.1. The molecule has 0 saturated heterocycles. The van der Waals surface area contributed by atoms with Crippen LogP contribution in [0.3, 0.4) is 0 Å². The summed E-state index contributed by atoms with van der Waals surface area (Å²) in [7, 11) is 0. The van der Waals surface area contributed by atoms with Gasteiger partial charge < -0.3 is 5.32 Å². The van der Waals surface area contributed by atoms with Gasteiger partial charge >= 0.3 is 0 Å². The van der Waals surface area contributed by atoms with Crippen LogP contribution in [-0.2, 0) is 17.8 Å². The van der Waals surface area contributed by atoms with Crippen molar-refractivity contribution >= 4 is 5.91 Å². The number of carbonyl (C=O) groups excluding carboxylic acids is 1. The molecule has 23 heavy (non-hydrogen) atoms. The molecule has 0 spiro atoms. The second-order valence-corrected chi connectivity index (χ2v) is 6.22. The molecule has 0 aliphatic rings. The van der Waals surface area contributed by atoms with E-state index >= 15 is 0 Å². The molecule has 4 nitrogen and oxygen atoms in total. The summed E-state index contributed by atoms with van der Waals surface area (Å²) >= 11 is 0. The van der Waals surface area contributed by atoms with Gasteiger partial charge in [0.25, 0.3) is 0 Å². The average Bonchev–Trinajstić information content (AvgIpc) is 2.79. The minimum atomic E-state index is -0.283. The van der Waals surface area contributed by atoms with Crippen LogP contribution in [0.5, 0.6) is 0 Å². The van der Waals surface area contributed by atoms with Gasteiger partial charge in [-0.3, -0.25) is 9.48 Å². The number of halogens is 1. The molecule has 0 fully saturated rings. The summed E-state index contributed by atoms with van der Waals surface area (Å²) in [6.45, 7) is 8.33. The first kappa shape index (κ1) is 17.2. The molecular formula is C18H24FN3O. The summed E-state index contributed by atoms with van der Waals surface area (Å²) in [5, 5.41) is 7.38. The van der Waals surface area contributed by atoms with Crippen molar-refractivity contribution in [2.75, 3.05) is 0 Å². The highest BCUT2D eigenvalue weighted by Crippen LogP contribution is 2.13. The van der Waals surface area contributed by atoms with E-state index in [1.54, 1.807) is 18.2 Å². The van der Waals surface area contributed by atoms with E-state index in [4.69, 9.17) is 0 Å². The van der Waals surface area contributed by atoms with Crippen LogP contribution in [-0.4, -0.2) is 21.7 Å². The van der Waals surface area contributed by atoms with Gasteiger partial charge in [0.2, 0.25) is 5.91 Å². The third kappa shape index (κ3) is 4.65. The molecule has 124 valence electrons. The largest absolute Gasteiger partial charge is 0.352 e. The standard InChI is InChI=1S/C18H24FN3O/c1-12(9-16-7-5-6-8-17(16)19)18(23)20-14(3)11-22-15(4)10-13(2)21-22/h5-8,10,12,14H,9,11H2,1-4H3,(H,20,23). The number of nitrogens with zero attached hydrogens (tertiary/aromatic N) is 2. The first-order valence-electron chi connectivity index (χ1n) is 7.91. The van der Waals surface area contributed by atoms with Crippen LogP contribution in [0.4, 0.5) is 4.39 Å². The van der Waals surface area contributed by atoms with Crippen LogP contribution in [0.1, 0.15) is 30.8 Å². The third-order valence-corrected chi connectivity index (χ3v) is 3.87. The van der Waals surface area contributed by atoms with Gasteiger partial charge in [0.15, 0.2) is 0 Å². The zero-order valence-corrected chi connectivity index (χ0v) is 14.1. The molecule has 5 heteroatoms. The van der Waals surface area contributed by atoms with Crippen molar-refractivity contribution in [3.05, 3.63) is 53.1 Å². The number of amides is 1. The fourth-order valence-corrected chi connectivity index (χ4v) is 2.64. The van der Waals surface area contributed by atoms with Crippen molar-refractivity contribution < 1.29 is 9.18 Å². The lowest BCUT2D eigenvalue weighted by atomic mass is 9.99. The van der Waals surface area contributed by atoms with Gasteiger partial charge in [-0.25, -0.2) is 4.39 Å². The second-order valence-electron chi connectivity index (χ2n) is 6.22. The zero-order chi connectivity index (χ0) is 17.0. The van der Waals surface area contributed by atoms with Crippen LogP contribution in [0, 0.1) is 25.6 Å². The van der Waals surface area contributed by atoms with Crippen LogP contribution in [0.2, 0.25) is 0 Å². The minimum absolute atomic E-state index is 0.0384. The Kier molecular flexibility index (Phi) is 5.53. The molecule has 0 aliphatic carbocycles. The second kappa shape index (κ2) is 7.40. The van der Waals surface area contributed by atoms with Crippen molar-refractivity contribution in [2.45, 2.75) is 46.7 Å². The van der Waals surface area contributed by atoms with Crippen LogP contribution < -0.4 is 5.32 Å². The molecule has 0 saturated carbocycles. The van der Waals surface area contributed by atoms with Gasteiger partial charge in [0.05, 0.1) is 12.2 Å². The molecular weight excluding hydrogens is 293 g/mol. The smallest absolute Gasteiger partial charge is 0.223 e. The number of hydrogen-bond donors (Lipinski definition) is 1. The molecule has 2 unspecified atom stereocenters. The quantitative estimate of drug-likeness (QED) is 0.890. The molecule has 0 bridgehead atoms. The average molecular weight is 317 g/mol. The minimum Gasteiger partial charge on any atom is -0.352 e. The molecule has 1 aromatic heterocycles. The maximum absolute atomic E-state index is 13.7. The van der Waals surface area contributed by atoms with Crippen molar-refractivity contribution in [2.24, 2.45) is 5.92 Å². The van der Waals surface area contributed by atoms with Crippen molar-refractivity contribution in [3.63, 3.8) is 0 Å². The highest BCUT2D eigenvalue weighted by Gasteiger charge is 2.18. The molecule has 2 atom stereocenters. The van der Waals surface area contributed by atoms with Crippen molar-refractivity contribution in [1.29, 1.82) is 0 Å². The number of benzene rings is 1. The maximum Gasteiger partial charge on any atom is 0.223 e. The number of hydrogen-bond acceptors (Lipinski definition) is 2. The predicted molar refractivity (Wildman–Crippen MR) is 88.6 cm³/mol. The van der Waals surface area contributed by atoms with Gasteiger partial charge in [-0.15, -0.1) is 0 Å². The molecule has 0 radical (unpaired) electrons. The van der Waals surface area contributed by atoms with E-state index < -0.39 is 0 Å².